The maximum absolute atomic E-state index is 4.66. The van der Waals surface area contributed by atoms with E-state index in [1.807, 2.05) is 17.4 Å². The molecule has 0 saturated carbocycles. The van der Waals surface area contributed by atoms with Crippen LogP contribution in [-0.4, -0.2) is 9.97 Å². The average Bonchev–Trinajstić information content (AvgIpc) is 2.66. The van der Waals surface area contributed by atoms with Gasteiger partial charge in [-0.1, -0.05) is 20.8 Å². The number of thiophene rings is 1. The molecule has 114 valence electrons. The van der Waals surface area contributed by atoms with E-state index in [0.717, 1.165) is 16.2 Å². The van der Waals surface area contributed by atoms with Crippen LogP contribution in [-0.2, 0) is 5.41 Å². The summed E-state index contributed by atoms with van der Waals surface area (Å²) >= 11 is 5.32. The zero-order valence-corrected chi connectivity index (χ0v) is 15.8. The van der Waals surface area contributed by atoms with Crippen LogP contribution < -0.4 is 5.32 Å². The van der Waals surface area contributed by atoms with Crippen molar-refractivity contribution in [3.05, 3.63) is 37.9 Å². The van der Waals surface area contributed by atoms with Crippen LogP contribution in [0.5, 0.6) is 0 Å². The minimum absolute atomic E-state index is 0.0711. The number of hydrogen-bond donors (Lipinski definition) is 1. The van der Waals surface area contributed by atoms with Crippen molar-refractivity contribution >= 4 is 33.1 Å². The molecule has 2 rings (SSSR count). The average molecular weight is 368 g/mol. The molecular weight excluding hydrogens is 346 g/mol. The summed E-state index contributed by atoms with van der Waals surface area (Å²) in [5.41, 5.74) is 1.27. The third kappa shape index (κ3) is 4.04. The molecule has 0 radical (unpaired) electrons. The van der Waals surface area contributed by atoms with Crippen LogP contribution in [0.25, 0.3) is 0 Å². The Balaban J connectivity index is 2.27. The summed E-state index contributed by atoms with van der Waals surface area (Å²) in [4.78, 5) is 11.8. The van der Waals surface area contributed by atoms with Crippen molar-refractivity contribution in [2.45, 2.75) is 53.0 Å². The predicted octanol–water partition coefficient (Wildman–Crippen LogP) is 5.39. The van der Waals surface area contributed by atoms with E-state index < -0.39 is 0 Å². The highest BCUT2D eigenvalue weighted by Gasteiger charge is 2.19. The summed E-state index contributed by atoms with van der Waals surface area (Å²) in [5, 5.41) is 3.49. The van der Waals surface area contributed by atoms with Gasteiger partial charge in [-0.25, -0.2) is 9.97 Å². The smallest absolute Gasteiger partial charge is 0.137 e. The fourth-order valence-corrected chi connectivity index (χ4v) is 3.61. The quantitative estimate of drug-likeness (QED) is 0.739. The van der Waals surface area contributed by atoms with E-state index in [4.69, 9.17) is 0 Å². The summed E-state index contributed by atoms with van der Waals surface area (Å²) in [7, 11) is 0. The lowest BCUT2D eigenvalue weighted by Crippen LogP contribution is -2.18. The van der Waals surface area contributed by atoms with Gasteiger partial charge in [0.1, 0.15) is 16.2 Å². The molecule has 3 nitrogen and oxygen atoms in total. The number of rotatable bonds is 3. The van der Waals surface area contributed by atoms with Gasteiger partial charge >= 0.3 is 0 Å². The van der Waals surface area contributed by atoms with Gasteiger partial charge in [-0.15, -0.1) is 11.3 Å². The topological polar surface area (TPSA) is 37.8 Å². The first kappa shape index (κ1) is 16.4. The van der Waals surface area contributed by atoms with Crippen LogP contribution >= 0.6 is 27.3 Å². The lowest BCUT2D eigenvalue weighted by Gasteiger charge is -2.20. The number of halogens is 1. The van der Waals surface area contributed by atoms with E-state index in [2.05, 4.69) is 78.8 Å². The normalized spacial score (nSPS) is 13.3. The van der Waals surface area contributed by atoms with E-state index in [1.54, 1.807) is 0 Å². The summed E-state index contributed by atoms with van der Waals surface area (Å²) in [5.74, 6) is 1.70. The van der Waals surface area contributed by atoms with Gasteiger partial charge < -0.3 is 5.32 Å². The van der Waals surface area contributed by atoms with Gasteiger partial charge in [-0.3, -0.25) is 0 Å². The first-order valence-electron chi connectivity index (χ1n) is 7.05. The Kier molecular flexibility index (Phi) is 4.73. The highest BCUT2D eigenvalue weighted by Crippen LogP contribution is 2.29. The van der Waals surface area contributed by atoms with E-state index in [9.17, 15) is 0 Å². The maximum Gasteiger partial charge on any atom is 0.137 e. The molecule has 1 unspecified atom stereocenters. The minimum atomic E-state index is -0.0711. The Morgan fingerprint density at radius 2 is 1.86 bits per heavy atom. The molecule has 0 spiro atoms. The number of aryl methyl sites for hydroxylation is 2. The highest BCUT2D eigenvalue weighted by atomic mass is 79.9. The molecule has 0 amide bonds. The van der Waals surface area contributed by atoms with Gasteiger partial charge in [-0.05, 0) is 48.3 Å². The van der Waals surface area contributed by atoms with Crippen molar-refractivity contribution in [1.29, 1.82) is 0 Å². The Bertz CT molecular complexity index is 643. The monoisotopic (exact) mass is 367 g/mol. The number of hydrogen-bond acceptors (Lipinski definition) is 4. The Morgan fingerprint density at radius 3 is 2.38 bits per heavy atom. The second-order valence-corrected chi connectivity index (χ2v) is 8.66. The van der Waals surface area contributed by atoms with Crippen molar-refractivity contribution in [1.82, 2.24) is 9.97 Å². The standard InChI is InChI=1S/C16H22BrN3S/c1-9-7-12(11(3)21-9)10(2)18-14-8-13(17)19-15(20-14)16(4,5)6/h7-8,10H,1-6H3,(H,18,19,20). The predicted molar refractivity (Wildman–Crippen MR) is 94.3 cm³/mol. The van der Waals surface area contributed by atoms with Gasteiger partial charge in [0.15, 0.2) is 0 Å². The second-order valence-electron chi connectivity index (χ2n) is 6.38. The van der Waals surface area contributed by atoms with Crippen LogP contribution in [0.1, 0.15) is 54.9 Å². The van der Waals surface area contributed by atoms with Gasteiger partial charge in [-0.2, -0.15) is 0 Å². The lowest BCUT2D eigenvalue weighted by molar-refractivity contribution is 0.544. The van der Waals surface area contributed by atoms with Crippen molar-refractivity contribution in [2.24, 2.45) is 0 Å². The van der Waals surface area contributed by atoms with Gasteiger partial charge in [0.2, 0.25) is 0 Å². The summed E-state index contributed by atoms with van der Waals surface area (Å²) < 4.78 is 0.815. The molecule has 21 heavy (non-hydrogen) atoms. The molecule has 2 aromatic rings. The van der Waals surface area contributed by atoms with Crippen LogP contribution in [0, 0.1) is 13.8 Å². The Hall–Kier alpha value is -0.940. The molecule has 5 heteroatoms. The maximum atomic E-state index is 4.66. The molecule has 0 bridgehead atoms. The third-order valence-electron chi connectivity index (χ3n) is 3.28. The Labute approximate surface area is 139 Å². The Morgan fingerprint density at radius 1 is 1.19 bits per heavy atom. The van der Waals surface area contributed by atoms with Gasteiger partial charge in [0, 0.05) is 21.2 Å². The van der Waals surface area contributed by atoms with Crippen LogP contribution in [0.15, 0.2) is 16.7 Å². The first-order chi connectivity index (χ1) is 9.66. The summed E-state index contributed by atoms with van der Waals surface area (Å²) in [6, 6.07) is 4.41. The zero-order chi connectivity index (χ0) is 15.8. The van der Waals surface area contributed by atoms with Crippen LogP contribution in [0.2, 0.25) is 0 Å². The van der Waals surface area contributed by atoms with Gasteiger partial charge in [0.05, 0.1) is 6.04 Å². The van der Waals surface area contributed by atoms with Crippen molar-refractivity contribution in [3.8, 4) is 0 Å². The molecule has 0 fully saturated rings. The SMILES string of the molecule is Cc1cc(C(C)Nc2cc(Br)nc(C(C)(C)C)n2)c(C)s1. The van der Waals surface area contributed by atoms with Crippen molar-refractivity contribution in [3.63, 3.8) is 0 Å². The van der Waals surface area contributed by atoms with Crippen LogP contribution in [0.4, 0.5) is 5.82 Å². The fraction of sp³-hybridized carbons (Fsp3) is 0.500. The third-order valence-corrected chi connectivity index (χ3v) is 4.66. The molecular formula is C16H22BrN3S. The number of nitrogens with zero attached hydrogens (tertiary/aromatic N) is 2. The largest absolute Gasteiger partial charge is 0.363 e. The molecule has 1 N–H and O–H groups in total. The van der Waals surface area contributed by atoms with Crippen molar-refractivity contribution in [2.75, 3.05) is 5.32 Å². The first-order valence-corrected chi connectivity index (χ1v) is 8.66. The molecule has 2 aromatic heterocycles. The number of nitrogens with one attached hydrogen (secondary N) is 1. The number of anilines is 1. The zero-order valence-electron chi connectivity index (χ0n) is 13.4. The van der Waals surface area contributed by atoms with E-state index >= 15 is 0 Å². The highest BCUT2D eigenvalue weighted by molar-refractivity contribution is 9.10. The molecule has 0 aliphatic carbocycles. The van der Waals surface area contributed by atoms with E-state index in [1.165, 1.54) is 15.3 Å². The molecule has 0 aliphatic heterocycles. The summed E-state index contributed by atoms with van der Waals surface area (Å²) in [6.07, 6.45) is 0. The molecule has 1 atom stereocenters. The van der Waals surface area contributed by atoms with Crippen molar-refractivity contribution < 1.29 is 0 Å². The molecule has 0 aliphatic rings. The van der Waals surface area contributed by atoms with Crippen LogP contribution in [0.3, 0.4) is 0 Å². The lowest BCUT2D eigenvalue weighted by atomic mass is 9.96. The van der Waals surface area contributed by atoms with E-state index in [0.29, 0.717) is 0 Å². The molecule has 2 heterocycles. The second kappa shape index (κ2) is 6.05. The minimum Gasteiger partial charge on any atom is -0.363 e. The number of aromatic nitrogens is 2. The van der Waals surface area contributed by atoms with Gasteiger partial charge in [0.25, 0.3) is 0 Å². The fourth-order valence-electron chi connectivity index (χ4n) is 2.21. The summed E-state index contributed by atoms with van der Waals surface area (Å²) in [6.45, 7) is 12.8. The van der Waals surface area contributed by atoms with E-state index in [-0.39, 0.29) is 11.5 Å². The molecule has 0 saturated heterocycles. The molecule has 0 aromatic carbocycles.